The van der Waals surface area contributed by atoms with Gasteiger partial charge in [-0.15, -0.1) is 0 Å². The summed E-state index contributed by atoms with van der Waals surface area (Å²) in [5.41, 5.74) is 8.45. The number of hydrogen-bond acceptors (Lipinski definition) is 5. The predicted octanol–water partition coefficient (Wildman–Crippen LogP) is 3.28. The van der Waals surface area contributed by atoms with Gasteiger partial charge in [0, 0.05) is 48.6 Å². The van der Waals surface area contributed by atoms with E-state index in [2.05, 4.69) is 15.6 Å². The number of carbonyl (C=O) groups is 4. The average Bonchev–Trinajstić information content (AvgIpc) is 3.36. The van der Waals surface area contributed by atoms with Crippen molar-refractivity contribution in [3.63, 3.8) is 0 Å². The van der Waals surface area contributed by atoms with E-state index < -0.39 is 17.9 Å². The number of nitrogens with zero attached hydrogens (tertiary/aromatic N) is 1. The molecule has 2 aromatic carbocycles. The van der Waals surface area contributed by atoms with Crippen LogP contribution < -0.4 is 21.3 Å². The van der Waals surface area contributed by atoms with Crippen molar-refractivity contribution in [1.29, 1.82) is 0 Å². The number of fused-ring (bicyclic) bond motifs is 1. The Balaban J connectivity index is 1.54. The van der Waals surface area contributed by atoms with E-state index in [1.54, 1.807) is 25.2 Å². The predicted molar refractivity (Wildman–Crippen MR) is 150 cm³/mol. The summed E-state index contributed by atoms with van der Waals surface area (Å²) in [6.07, 6.45) is 3.47. The number of aromatic amines is 1. The van der Waals surface area contributed by atoms with Crippen LogP contribution in [0.4, 0.5) is 11.4 Å². The molecule has 0 unspecified atom stereocenters. The van der Waals surface area contributed by atoms with Gasteiger partial charge >= 0.3 is 5.97 Å². The summed E-state index contributed by atoms with van der Waals surface area (Å²) in [6.45, 7) is 2.09. The summed E-state index contributed by atoms with van der Waals surface area (Å²) < 4.78 is 0. The van der Waals surface area contributed by atoms with Gasteiger partial charge in [-0.25, -0.2) is 4.79 Å². The molecule has 10 heteroatoms. The number of nitrogens with one attached hydrogen (secondary N) is 3. The molecular weight excluding hydrogens is 498 g/mol. The van der Waals surface area contributed by atoms with E-state index in [1.165, 1.54) is 17.9 Å². The van der Waals surface area contributed by atoms with E-state index in [0.29, 0.717) is 34.7 Å². The van der Waals surface area contributed by atoms with Crippen LogP contribution in [0.5, 0.6) is 0 Å². The number of rotatable bonds is 9. The van der Waals surface area contributed by atoms with Gasteiger partial charge in [-0.2, -0.15) is 0 Å². The fourth-order valence-electron chi connectivity index (χ4n) is 5.02. The van der Waals surface area contributed by atoms with Gasteiger partial charge in [0.2, 0.25) is 17.7 Å². The summed E-state index contributed by atoms with van der Waals surface area (Å²) in [4.78, 5) is 54.2. The fraction of sp³-hybridized carbons (Fsp3) is 0.379. The Labute approximate surface area is 226 Å². The van der Waals surface area contributed by atoms with Crippen LogP contribution in [0.15, 0.2) is 48.5 Å². The summed E-state index contributed by atoms with van der Waals surface area (Å²) in [6, 6.07) is 13.0. The molecule has 1 fully saturated rings. The first-order valence-corrected chi connectivity index (χ1v) is 13.1. The molecule has 0 bridgehead atoms. The molecule has 1 atom stereocenters. The Morgan fingerprint density at radius 3 is 2.49 bits per heavy atom. The van der Waals surface area contributed by atoms with Gasteiger partial charge in [-0.3, -0.25) is 14.4 Å². The number of aromatic nitrogens is 1. The lowest BCUT2D eigenvalue weighted by Gasteiger charge is -2.28. The molecule has 10 nitrogen and oxygen atoms in total. The van der Waals surface area contributed by atoms with Crippen LogP contribution in [0.3, 0.4) is 0 Å². The molecule has 4 rings (SSSR count). The SMILES string of the molecule is CC(=O)N(C)c1cccc(C[C@H](NC(=O)C2CCC(CN)CC2)C(=O)Nc2ccc3[nH]c(C(=O)O)cc3c2)c1. The van der Waals surface area contributed by atoms with Crippen LogP contribution in [0.2, 0.25) is 0 Å². The molecule has 1 aliphatic carbocycles. The van der Waals surface area contributed by atoms with Crippen molar-refractivity contribution in [2.24, 2.45) is 17.6 Å². The maximum absolute atomic E-state index is 13.5. The zero-order valence-electron chi connectivity index (χ0n) is 22.2. The highest BCUT2D eigenvalue weighted by Gasteiger charge is 2.29. The summed E-state index contributed by atoms with van der Waals surface area (Å²) in [7, 11) is 1.68. The number of carboxylic acid groups (broad SMARTS) is 1. The second-order valence-electron chi connectivity index (χ2n) is 10.2. The number of aromatic carboxylic acids is 1. The van der Waals surface area contributed by atoms with E-state index in [4.69, 9.17) is 5.73 Å². The molecule has 0 spiro atoms. The Morgan fingerprint density at radius 1 is 1.08 bits per heavy atom. The lowest BCUT2D eigenvalue weighted by Crippen LogP contribution is -2.48. The van der Waals surface area contributed by atoms with Crippen molar-refractivity contribution < 1.29 is 24.3 Å². The minimum Gasteiger partial charge on any atom is -0.477 e. The summed E-state index contributed by atoms with van der Waals surface area (Å²) in [5, 5.41) is 15.7. The number of carboxylic acids is 1. The van der Waals surface area contributed by atoms with Crippen molar-refractivity contribution >= 4 is 46.0 Å². The Kier molecular flexibility index (Phi) is 8.65. The first kappa shape index (κ1) is 27.8. The summed E-state index contributed by atoms with van der Waals surface area (Å²) in [5.74, 6) is -1.48. The molecule has 39 heavy (non-hydrogen) atoms. The van der Waals surface area contributed by atoms with Crippen molar-refractivity contribution in [2.45, 2.75) is 45.1 Å². The molecule has 0 aliphatic heterocycles. The lowest BCUT2D eigenvalue weighted by atomic mass is 9.81. The number of hydrogen-bond donors (Lipinski definition) is 5. The Morgan fingerprint density at radius 2 is 1.82 bits per heavy atom. The topological polar surface area (TPSA) is 158 Å². The Bertz CT molecular complexity index is 1380. The third kappa shape index (κ3) is 6.83. The molecule has 1 saturated carbocycles. The van der Waals surface area contributed by atoms with Gasteiger partial charge in [-0.1, -0.05) is 12.1 Å². The highest BCUT2D eigenvalue weighted by atomic mass is 16.4. The van der Waals surface area contributed by atoms with Crippen molar-refractivity contribution in [3.8, 4) is 0 Å². The molecule has 1 aliphatic rings. The van der Waals surface area contributed by atoms with Gasteiger partial charge in [0.05, 0.1) is 0 Å². The number of benzene rings is 2. The van der Waals surface area contributed by atoms with E-state index in [1.807, 2.05) is 24.3 Å². The molecule has 3 aromatic rings. The van der Waals surface area contributed by atoms with Gasteiger partial charge in [0.25, 0.3) is 0 Å². The molecule has 206 valence electrons. The maximum atomic E-state index is 13.5. The van der Waals surface area contributed by atoms with E-state index in [0.717, 1.165) is 31.2 Å². The van der Waals surface area contributed by atoms with Crippen LogP contribution in [-0.4, -0.2) is 53.4 Å². The third-order valence-corrected chi connectivity index (χ3v) is 7.51. The zero-order chi connectivity index (χ0) is 28.1. The van der Waals surface area contributed by atoms with Crippen LogP contribution in [0.25, 0.3) is 10.9 Å². The van der Waals surface area contributed by atoms with Crippen LogP contribution in [0, 0.1) is 11.8 Å². The van der Waals surface area contributed by atoms with E-state index >= 15 is 0 Å². The molecule has 1 aromatic heterocycles. The van der Waals surface area contributed by atoms with Crippen LogP contribution in [0.1, 0.15) is 48.7 Å². The number of nitrogens with two attached hydrogens (primary N) is 1. The van der Waals surface area contributed by atoms with Gasteiger partial charge < -0.3 is 31.4 Å². The maximum Gasteiger partial charge on any atom is 0.352 e. The molecule has 0 saturated heterocycles. The third-order valence-electron chi connectivity index (χ3n) is 7.51. The van der Waals surface area contributed by atoms with Gasteiger partial charge in [0.1, 0.15) is 11.7 Å². The molecule has 6 N–H and O–H groups in total. The highest BCUT2D eigenvalue weighted by Crippen LogP contribution is 2.28. The molecule has 0 radical (unpaired) electrons. The highest BCUT2D eigenvalue weighted by molar-refractivity contribution is 6.00. The van der Waals surface area contributed by atoms with Crippen molar-refractivity contribution in [3.05, 3.63) is 59.8 Å². The van der Waals surface area contributed by atoms with Gasteiger partial charge in [-0.05, 0) is 80.1 Å². The lowest BCUT2D eigenvalue weighted by molar-refractivity contribution is -0.130. The minimum absolute atomic E-state index is 0.0541. The normalized spacial score (nSPS) is 17.8. The van der Waals surface area contributed by atoms with Crippen LogP contribution >= 0.6 is 0 Å². The van der Waals surface area contributed by atoms with Crippen molar-refractivity contribution in [2.75, 3.05) is 23.8 Å². The zero-order valence-corrected chi connectivity index (χ0v) is 22.2. The smallest absolute Gasteiger partial charge is 0.352 e. The Hall–Kier alpha value is -4.18. The number of amides is 3. The molecular formula is C29H35N5O5. The molecule has 1 heterocycles. The minimum atomic E-state index is -1.07. The fourth-order valence-corrected chi connectivity index (χ4v) is 5.02. The second-order valence-corrected chi connectivity index (χ2v) is 10.2. The first-order chi connectivity index (χ1) is 18.6. The van der Waals surface area contributed by atoms with Crippen molar-refractivity contribution in [1.82, 2.24) is 10.3 Å². The summed E-state index contributed by atoms with van der Waals surface area (Å²) >= 11 is 0. The number of carbonyl (C=O) groups excluding carboxylic acids is 3. The number of anilines is 2. The quantitative estimate of drug-likeness (QED) is 0.284. The monoisotopic (exact) mass is 533 g/mol. The largest absolute Gasteiger partial charge is 0.477 e. The van der Waals surface area contributed by atoms with Gasteiger partial charge in [0.15, 0.2) is 0 Å². The van der Waals surface area contributed by atoms with Crippen LogP contribution in [-0.2, 0) is 20.8 Å². The average molecular weight is 534 g/mol. The standard InChI is InChI=1S/C29H35N5O5/c1-17(35)34(2)23-5-3-4-19(12-23)13-25(33-27(36)20-8-6-18(16-30)7-9-20)28(37)31-22-10-11-24-21(14-22)15-26(32-24)29(38)39/h3-5,10-12,14-15,18,20,25,32H,6-9,13,16,30H2,1-2H3,(H,31,37)(H,33,36)(H,38,39)/t18?,20?,25-/m0/s1. The van der Waals surface area contributed by atoms with E-state index in [-0.39, 0.29) is 29.8 Å². The van der Waals surface area contributed by atoms with E-state index in [9.17, 15) is 24.3 Å². The first-order valence-electron chi connectivity index (χ1n) is 13.1. The second kappa shape index (κ2) is 12.1. The molecule has 3 amide bonds. The number of H-pyrrole nitrogens is 1.